The Morgan fingerprint density at radius 2 is 1.93 bits per heavy atom. The van der Waals surface area contributed by atoms with Gasteiger partial charge in [0, 0.05) is 61.2 Å². The lowest BCUT2D eigenvalue weighted by Crippen LogP contribution is -2.34. The summed E-state index contributed by atoms with van der Waals surface area (Å²) in [5, 5.41) is 3.21. The lowest BCUT2D eigenvalue weighted by atomic mass is 9.93. The Morgan fingerprint density at radius 3 is 2.80 bits per heavy atom. The largest absolute Gasteiger partial charge is 0.496 e. The van der Waals surface area contributed by atoms with Crippen molar-refractivity contribution in [3.05, 3.63) is 83.3 Å². The standard InChI is InChI=1S/C25H30N4O/c1-26-25-21(9-6-14-27-25)18-29-15-7-10-20(17-29)23-12-5-11-22(28-23)16-19-8-3-4-13-24(19)30-2/h3-6,8-9,11-14,20H,7,10,15-18H2,1-2H3,(H,26,27). The highest BCUT2D eigenvalue weighted by molar-refractivity contribution is 5.43. The van der Waals surface area contributed by atoms with Crippen molar-refractivity contribution in [1.29, 1.82) is 0 Å². The van der Waals surface area contributed by atoms with Crippen molar-refractivity contribution < 1.29 is 4.74 Å². The topological polar surface area (TPSA) is 50.3 Å². The summed E-state index contributed by atoms with van der Waals surface area (Å²) < 4.78 is 5.51. The average Bonchev–Trinajstić information content (AvgIpc) is 2.80. The zero-order valence-corrected chi connectivity index (χ0v) is 17.8. The number of rotatable bonds is 7. The number of anilines is 1. The summed E-state index contributed by atoms with van der Waals surface area (Å²) >= 11 is 0. The first-order chi connectivity index (χ1) is 14.8. The normalized spacial score (nSPS) is 16.9. The summed E-state index contributed by atoms with van der Waals surface area (Å²) in [5.74, 6) is 2.35. The maximum absolute atomic E-state index is 5.51. The van der Waals surface area contributed by atoms with Gasteiger partial charge in [-0.05, 0) is 43.7 Å². The summed E-state index contributed by atoms with van der Waals surface area (Å²) in [6, 6.07) is 18.8. The Hall–Kier alpha value is -2.92. The number of aromatic nitrogens is 2. The van der Waals surface area contributed by atoms with Gasteiger partial charge in [0.15, 0.2) is 0 Å². The minimum Gasteiger partial charge on any atom is -0.496 e. The first kappa shape index (κ1) is 20.4. The average molecular weight is 403 g/mol. The fourth-order valence-corrected chi connectivity index (χ4v) is 4.34. The fraction of sp³-hybridized carbons (Fsp3) is 0.360. The van der Waals surface area contributed by atoms with Crippen molar-refractivity contribution >= 4 is 5.82 Å². The minimum atomic E-state index is 0.464. The highest BCUT2D eigenvalue weighted by atomic mass is 16.5. The molecule has 3 heterocycles. The van der Waals surface area contributed by atoms with Gasteiger partial charge < -0.3 is 10.1 Å². The number of likely N-dealkylation sites (tertiary alicyclic amines) is 1. The van der Waals surface area contributed by atoms with Crippen LogP contribution in [0.25, 0.3) is 0 Å². The van der Waals surface area contributed by atoms with Gasteiger partial charge in [0.05, 0.1) is 7.11 Å². The zero-order valence-electron chi connectivity index (χ0n) is 17.8. The molecule has 1 aromatic carbocycles. The highest BCUT2D eigenvalue weighted by Gasteiger charge is 2.23. The summed E-state index contributed by atoms with van der Waals surface area (Å²) in [6.07, 6.45) is 5.01. The van der Waals surface area contributed by atoms with Crippen molar-refractivity contribution in [1.82, 2.24) is 14.9 Å². The van der Waals surface area contributed by atoms with Gasteiger partial charge in [-0.1, -0.05) is 30.3 Å². The van der Waals surface area contributed by atoms with Gasteiger partial charge in [-0.2, -0.15) is 0 Å². The van der Waals surface area contributed by atoms with E-state index in [0.29, 0.717) is 5.92 Å². The lowest BCUT2D eigenvalue weighted by Gasteiger charge is -2.33. The van der Waals surface area contributed by atoms with Crippen LogP contribution in [0.5, 0.6) is 5.75 Å². The molecule has 3 aromatic rings. The monoisotopic (exact) mass is 402 g/mol. The number of pyridine rings is 2. The Bertz CT molecular complexity index is 975. The minimum absolute atomic E-state index is 0.464. The Labute approximate surface area is 179 Å². The van der Waals surface area contributed by atoms with Gasteiger partial charge in [0.1, 0.15) is 11.6 Å². The van der Waals surface area contributed by atoms with Crippen LogP contribution in [0.3, 0.4) is 0 Å². The molecular weight excluding hydrogens is 372 g/mol. The SMILES string of the molecule is CNc1ncccc1CN1CCCC(c2cccc(Cc3ccccc3OC)n2)C1. The zero-order chi connectivity index (χ0) is 20.8. The Balaban J connectivity index is 1.46. The first-order valence-electron chi connectivity index (χ1n) is 10.7. The molecule has 156 valence electrons. The van der Waals surface area contributed by atoms with E-state index in [1.54, 1.807) is 7.11 Å². The van der Waals surface area contributed by atoms with E-state index in [1.165, 1.54) is 29.7 Å². The number of nitrogens with one attached hydrogen (secondary N) is 1. The maximum Gasteiger partial charge on any atom is 0.130 e. The maximum atomic E-state index is 5.51. The fourth-order valence-electron chi connectivity index (χ4n) is 4.34. The molecule has 2 aromatic heterocycles. The molecular formula is C25H30N4O. The van der Waals surface area contributed by atoms with E-state index in [0.717, 1.165) is 43.3 Å². The van der Waals surface area contributed by atoms with Gasteiger partial charge in [-0.3, -0.25) is 9.88 Å². The third kappa shape index (κ3) is 4.79. The van der Waals surface area contributed by atoms with Gasteiger partial charge in [0.2, 0.25) is 0 Å². The van der Waals surface area contributed by atoms with Crippen molar-refractivity contribution in [3.8, 4) is 5.75 Å². The van der Waals surface area contributed by atoms with Crippen LogP contribution in [0.4, 0.5) is 5.82 Å². The van der Waals surface area contributed by atoms with Crippen molar-refractivity contribution in [2.45, 2.75) is 31.7 Å². The van der Waals surface area contributed by atoms with Crippen LogP contribution in [0, 0.1) is 0 Å². The molecule has 0 amide bonds. The molecule has 1 aliphatic rings. The van der Waals surface area contributed by atoms with E-state index >= 15 is 0 Å². The molecule has 0 aliphatic carbocycles. The molecule has 30 heavy (non-hydrogen) atoms. The number of para-hydroxylation sites is 1. The summed E-state index contributed by atoms with van der Waals surface area (Å²) in [6.45, 7) is 3.07. The number of hydrogen-bond acceptors (Lipinski definition) is 5. The predicted molar refractivity (Wildman–Crippen MR) is 121 cm³/mol. The van der Waals surface area contributed by atoms with Gasteiger partial charge in [0.25, 0.3) is 0 Å². The van der Waals surface area contributed by atoms with Crippen LogP contribution in [-0.2, 0) is 13.0 Å². The van der Waals surface area contributed by atoms with E-state index in [1.807, 2.05) is 31.4 Å². The molecule has 1 aliphatic heterocycles. The second-order valence-corrected chi connectivity index (χ2v) is 7.88. The van der Waals surface area contributed by atoms with E-state index in [9.17, 15) is 0 Å². The van der Waals surface area contributed by atoms with E-state index in [-0.39, 0.29) is 0 Å². The molecule has 1 unspecified atom stereocenters. The second-order valence-electron chi connectivity index (χ2n) is 7.88. The quantitative estimate of drug-likeness (QED) is 0.631. The molecule has 1 atom stereocenters. The van der Waals surface area contributed by atoms with Gasteiger partial charge in [-0.25, -0.2) is 4.98 Å². The molecule has 0 bridgehead atoms. The molecule has 0 spiro atoms. The van der Waals surface area contributed by atoms with Crippen LogP contribution in [0.2, 0.25) is 0 Å². The van der Waals surface area contributed by atoms with E-state index < -0.39 is 0 Å². The van der Waals surface area contributed by atoms with Crippen LogP contribution in [0.15, 0.2) is 60.8 Å². The Morgan fingerprint density at radius 1 is 1.07 bits per heavy atom. The van der Waals surface area contributed by atoms with Gasteiger partial charge in [-0.15, -0.1) is 0 Å². The van der Waals surface area contributed by atoms with Gasteiger partial charge >= 0.3 is 0 Å². The Kier molecular flexibility index (Phi) is 6.60. The van der Waals surface area contributed by atoms with Crippen LogP contribution >= 0.6 is 0 Å². The number of piperidine rings is 1. The molecule has 1 N–H and O–H groups in total. The molecule has 5 nitrogen and oxygen atoms in total. The van der Waals surface area contributed by atoms with Crippen molar-refractivity contribution in [3.63, 3.8) is 0 Å². The smallest absolute Gasteiger partial charge is 0.130 e. The third-order valence-electron chi connectivity index (χ3n) is 5.84. The number of nitrogens with zero attached hydrogens (tertiary/aromatic N) is 3. The summed E-state index contributed by atoms with van der Waals surface area (Å²) in [7, 11) is 3.66. The summed E-state index contributed by atoms with van der Waals surface area (Å²) in [4.78, 5) is 12.0. The molecule has 0 radical (unpaired) electrons. The number of hydrogen-bond donors (Lipinski definition) is 1. The van der Waals surface area contributed by atoms with Crippen molar-refractivity contribution in [2.75, 3.05) is 32.6 Å². The molecule has 4 rings (SSSR count). The van der Waals surface area contributed by atoms with Crippen LogP contribution in [-0.4, -0.2) is 42.1 Å². The molecule has 1 fully saturated rings. The molecule has 1 saturated heterocycles. The highest BCUT2D eigenvalue weighted by Crippen LogP contribution is 2.28. The molecule has 0 saturated carbocycles. The summed E-state index contributed by atoms with van der Waals surface area (Å²) in [5.41, 5.74) is 4.72. The van der Waals surface area contributed by atoms with Crippen LogP contribution in [0.1, 0.15) is 41.3 Å². The predicted octanol–water partition coefficient (Wildman–Crippen LogP) is 4.50. The lowest BCUT2D eigenvalue weighted by molar-refractivity contribution is 0.198. The number of benzene rings is 1. The second kappa shape index (κ2) is 9.72. The van der Waals surface area contributed by atoms with Crippen LogP contribution < -0.4 is 10.1 Å². The van der Waals surface area contributed by atoms with E-state index in [4.69, 9.17) is 9.72 Å². The van der Waals surface area contributed by atoms with E-state index in [2.05, 4.69) is 51.6 Å². The molecule has 5 heteroatoms. The number of ether oxygens (including phenoxy) is 1. The first-order valence-corrected chi connectivity index (χ1v) is 10.7. The van der Waals surface area contributed by atoms with Crippen molar-refractivity contribution in [2.24, 2.45) is 0 Å². The number of methoxy groups -OCH3 is 1. The third-order valence-corrected chi connectivity index (χ3v) is 5.84.